The standard InChI is InChI=1S/C21H23N3O5/c1-3-4-12-22-21(26)19(14-15-6-5-7-17(13-15)24(27)28)23-20(25)16-8-10-18(29-2)11-9-16/h5-11,13-14H,3-4,12H2,1-2H3,(H,22,26)(H,23,25). The highest BCUT2D eigenvalue weighted by molar-refractivity contribution is 6.05. The Hall–Kier alpha value is -3.68. The zero-order valence-corrected chi connectivity index (χ0v) is 16.3. The molecule has 0 aliphatic heterocycles. The topological polar surface area (TPSA) is 111 Å². The third kappa shape index (κ3) is 6.46. The second kappa shape index (κ2) is 10.6. The lowest BCUT2D eigenvalue weighted by Gasteiger charge is -2.11. The van der Waals surface area contributed by atoms with Crippen LogP contribution in [0.3, 0.4) is 0 Å². The highest BCUT2D eigenvalue weighted by Gasteiger charge is 2.15. The number of carbonyl (C=O) groups is 2. The summed E-state index contributed by atoms with van der Waals surface area (Å²) in [4.78, 5) is 35.6. The van der Waals surface area contributed by atoms with E-state index >= 15 is 0 Å². The van der Waals surface area contributed by atoms with Gasteiger partial charge in [-0.25, -0.2) is 0 Å². The van der Waals surface area contributed by atoms with Crippen LogP contribution >= 0.6 is 0 Å². The number of hydrogen-bond donors (Lipinski definition) is 2. The van der Waals surface area contributed by atoms with Crippen molar-refractivity contribution in [3.05, 3.63) is 75.5 Å². The molecule has 0 radical (unpaired) electrons. The lowest BCUT2D eigenvalue weighted by molar-refractivity contribution is -0.384. The molecule has 8 heteroatoms. The van der Waals surface area contributed by atoms with E-state index in [-0.39, 0.29) is 11.4 Å². The fourth-order valence-electron chi connectivity index (χ4n) is 2.46. The monoisotopic (exact) mass is 397 g/mol. The third-order valence-electron chi connectivity index (χ3n) is 4.05. The summed E-state index contributed by atoms with van der Waals surface area (Å²) in [6, 6.07) is 12.3. The number of nitrogens with zero attached hydrogens (tertiary/aromatic N) is 1. The molecule has 0 unspecified atom stereocenters. The quantitative estimate of drug-likeness (QED) is 0.292. The van der Waals surface area contributed by atoms with E-state index in [0.717, 1.165) is 12.8 Å². The number of ether oxygens (including phenoxy) is 1. The number of methoxy groups -OCH3 is 1. The first-order valence-corrected chi connectivity index (χ1v) is 9.14. The molecule has 0 saturated heterocycles. The highest BCUT2D eigenvalue weighted by Crippen LogP contribution is 2.16. The van der Waals surface area contributed by atoms with Crippen LogP contribution in [0.4, 0.5) is 5.69 Å². The fourth-order valence-corrected chi connectivity index (χ4v) is 2.46. The van der Waals surface area contributed by atoms with Crippen LogP contribution in [0, 0.1) is 10.1 Å². The number of amides is 2. The SMILES string of the molecule is CCCCNC(=O)C(=Cc1cccc([N+](=O)[O-])c1)NC(=O)c1ccc(OC)cc1. The molecule has 0 aliphatic carbocycles. The van der Waals surface area contributed by atoms with Gasteiger partial charge in [0.05, 0.1) is 12.0 Å². The third-order valence-corrected chi connectivity index (χ3v) is 4.05. The van der Waals surface area contributed by atoms with Crippen molar-refractivity contribution < 1.29 is 19.2 Å². The molecule has 2 amide bonds. The van der Waals surface area contributed by atoms with Gasteiger partial charge < -0.3 is 15.4 Å². The highest BCUT2D eigenvalue weighted by atomic mass is 16.6. The van der Waals surface area contributed by atoms with Gasteiger partial charge in [-0.2, -0.15) is 0 Å². The number of unbranched alkanes of at least 4 members (excludes halogenated alkanes) is 1. The molecule has 0 aliphatic rings. The Morgan fingerprint density at radius 3 is 2.52 bits per heavy atom. The van der Waals surface area contributed by atoms with E-state index in [2.05, 4.69) is 10.6 Å². The van der Waals surface area contributed by atoms with E-state index < -0.39 is 16.7 Å². The summed E-state index contributed by atoms with van der Waals surface area (Å²) in [5, 5.41) is 16.3. The number of carbonyl (C=O) groups excluding carboxylic acids is 2. The molecule has 152 valence electrons. The summed E-state index contributed by atoms with van der Waals surface area (Å²) in [7, 11) is 1.52. The normalized spacial score (nSPS) is 10.9. The number of nitro benzene ring substituents is 1. The van der Waals surface area contributed by atoms with Crippen LogP contribution in [0.25, 0.3) is 6.08 Å². The maximum Gasteiger partial charge on any atom is 0.270 e. The van der Waals surface area contributed by atoms with Gasteiger partial charge in [-0.15, -0.1) is 0 Å². The first-order chi connectivity index (χ1) is 13.9. The summed E-state index contributed by atoms with van der Waals surface area (Å²) < 4.78 is 5.07. The Bertz CT molecular complexity index is 907. The van der Waals surface area contributed by atoms with Gasteiger partial charge in [-0.1, -0.05) is 25.5 Å². The van der Waals surface area contributed by atoms with Crippen LogP contribution in [0.1, 0.15) is 35.7 Å². The second-order valence-electron chi connectivity index (χ2n) is 6.20. The lowest BCUT2D eigenvalue weighted by Crippen LogP contribution is -2.35. The maximum atomic E-state index is 12.6. The van der Waals surface area contributed by atoms with Crippen molar-refractivity contribution in [3.8, 4) is 5.75 Å². The molecule has 0 heterocycles. The maximum absolute atomic E-state index is 12.6. The smallest absolute Gasteiger partial charge is 0.270 e. The van der Waals surface area contributed by atoms with Gasteiger partial charge >= 0.3 is 0 Å². The lowest BCUT2D eigenvalue weighted by atomic mass is 10.1. The number of rotatable bonds is 9. The second-order valence-corrected chi connectivity index (χ2v) is 6.20. The molecule has 2 aromatic rings. The van der Waals surface area contributed by atoms with Crippen LogP contribution < -0.4 is 15.4 Å². The van der Waals surface area contributed by atoms with Gasteiger partial charge in [-0.05, 0) is 42.3 Å². The summed E-state index contributed by atoms with van der Waals surface area (Å²) in [6.07, 6.45) is 3.11. The summed E-state index contributed by atoms with van der Waals surface area (Å²) in [6.45, 7) is 2.46. The summed E-state index contributed by atoms with van der Waals surface area (Å²) >= 11 is 0. The molecule has 0 spiro atoms. The van der Waals surface area contributed by atoms with Crippen LogP contribution in [-0.2, 0) is 4.79 Å². The average Bonchev–Trinajstić information content (AvgIpc) is 2.73. The number of hydrogen-bond acceptors (Lipinski definition) is 5. The van der Waals surface area contributed by atoms with E-state index in [1.165, 1.54) is 31.4 Å². The van der Waals surface area contributed by atoms with Crippen molar-refractivity contribution in [1.82, 2.24) is 10.6 Å². The molecule has 29 heavy (non-hydrogen) atoms. The Morgan fingerprint density at radius 2 is 1.90 bits per heavy atom. The van der Waals surface area contributed by atoms with Gasteiger partial charge in [0.25, 0.3) is 17.5 Å². The van der Waals surface area contributed by atoms with E-state index in [4.69, 9.17) is 4.74 Å². The van der Waals surface area contributed by atoms with Gasteiger partial charge in [0, 0.05) is 24.2 Å². The average molecular weight is 397 g/mol. The van der Waals surface area contributed by atoms with Crippen LogP contribution in [0.5, 0.6) is 5.75 Å². The minimum atomic E-state index is -0.520. The first kappa shape index (κ1) is 21.6. The predicted molar refractivity (Wildman–Crippen MR) is 109 cm³/mol. The Morgan fingerprint density at radius 1 is 1.17 bits per heavy atom. The van der Waals surface area contributed by atoms with E-state index in [0.29, 0.717) is 23.4 Å². The number of nitro groups is 1. The minimum Gasteiger partial charge on any atom is -0.497 e. The Kier molecular flexibility index (Phi) is 7.90. The molecular formula is C21H23N3O5. The van der Waals surface area contributed by atoms with Crippen molar-refractivity contribution in [2.24, 2.45) is 0 Å². The molecule has 0 aromatic heterocycles. The van der Waals surface area contributed by atoms with Gasteiger partial charge in [0.2, 0.25) is 0 Å². The molecular weight excluding hydrogens is 374 g/mol. The van der Waals surface area contributed by atoms with Crippen molar-refractivity contribution in [1.29, 1.82) is 0 Å². The Balaban J connectivity index is 2.28. The minimum absolute atomic E-state index is 0.00224. The molecule has 0 saturated carbocycles. The van der Waals surface area contributed by atoms with Crippen molar-refractivity contribution in [2.45, 2.75) is 19.8 Å². The molecule has 2 aromatic carbocycles. The van der Waals surface area contributed by atoms with Crippen LogP contribution in [0.15, 0.2) is 54.2 Å². The number of benzene rings is 2. The number of nitrogens with one attached hydrogen (secondary N) is 2. The Labute approximate surface area is 168 Å². The summed E-state index contributed by atoms with van der Waals surface area (Å²) in [5.41, 5.74) is 0.667. The van der Waals surface area contributed by atoms with E-state index in [1.807, 2.05) is 6.92 Å². The van der Waals surface area contributed by atoms with Crippen molar-refractivity contribution in [3.63, 3.8) is 0 Å². The molecule has 8 nitrogen and oxygen atoms in total. The molecule has 0 fully saturated rings. The molecule has 2 N–H and O–H groups in total. The van der Waals surface area contributed by atoms with Gasteiger partial charge in [0.1, 0.15) is 11.4 Å². The molecule has 2 rings (SSSR count). The number of non-ortho nitro benzene ring substituents is 1. The van der Waals surface area contributed by atoms with Crippen molar-refractivity contribution >= 4 is 23.6 Å². The fraction of sp³-hybridized carbons (Fsp3) is 0.238. The zero-order valence-electron chi connectivity index (χ0n) is 16.3. The zero-order chi connectivity index (χ0) is 21.2. The first-order valence-electron chi connectivity index (χ1n) is 9.14. The van der Waals surface area contributed by atoms with Gasteiger partial charge in [0.15, 0.2) is 0 Å². The van der Waals surface area contributed by atoms with E-state index in [1.54, 1.807) is 30.3 Å². The largest absolute Gasteiger partial charge is 0.497 e. The predicted octanol–water partition coefficient (Wildman–Crippen LogP) is 3.29. The molecule has 0 bridgehead atoms. The van der Waals surface area contributed by atoms with E-state index in [9.17, 15) is 19.7 Å². The van der Waals surface area contributed by atoms with Crippen molar-refractivity contribution in [2.75, 3.05) is 13.7 Å². The summed E-state index contributed by atoms with van der Waals surface area (Å²) in [5.74, 6) is -0.340. The molecule has 0 atom stereocenters. The van der Waals surface area contributed by atoms with Gasteiger partial charge in [-0.3, -0.25) is 19.7 Å². The van der Waals surface area contributed by atoms with Crippen LogP contribution in [-0.4, -0.2) is 30.4 Å². The van der Waals surface area contributed by atoms with Crippen LogP contribution in [0.2, 0.25) is 0 Å².